The zero-order chi connectivity index (χ0) is 14.1. The van der Waals surface area contributed by atoms with Gasteiger partial charge in [-0.2, -0.15) is 10.4 Å². The molecule has 0 amide bonds. The number of non-ortho nitro benzene ring substituents is 1. The minimum absolute atomic E-state index is 0.0306. The third kappa shape index (κ3) is 1.78. The van der Waals surface area contributed by atoms with Crippen molar-refractivity contribution in [2.45, 2.75) is 0 Å². The third-order valence-electron chi connectivity index (χ3n) is 3.03. The average molecular weight is 264 g/mol. The molecule has 6 heteroatoms. The zero-order valence-corrected chi connectivity index (χ0v) is 10.2. The van der Waals surface area contributed by atoms with E-state index in [0.717, 1.165) is 11.3 Å². The fraction of sp³-hybridized carbons (Fsp3) is 0. The van der Waals surface area contributed by atoms with Crippen LogP contribution in [0.1, 0.15) is 5.56 Å². The molecule has 3 aromatic rings. The van der Waals surface area contributed by atoms with Crippen molar-refractivity contribution >= 4 is 11.2 Å². The number of rotatable bonds is 2. The number of hydrogen-bond acceptors (Lipinski definition) is 4. The number of aromatic nitrogens is 2. The first-order valence-electron chi connectivity index (χ1n) is 5.82. The van der Waals surface area contributed by atoms with Crippen molar-refractivity contribution in [1.82, 2.24) is 9.61 Å². The van der Waals surface area contributed by atoms with E-state index in [-0.39, 0.29) is 5.69 Å². The van der Waals surface area contributed by atoms with E-state index in [9.17, 15) is 10.1 Å². The van der Waals surface area contributed by atoms with Crippen LogP contribution in [0.15, 0.2) is 48.7 Å². The Balaban J connectivity index is 2.20. The summed E-state index contributed by atoms with van der Waals surface area (Å²) in [5.41, 5.74) is 2.76. The van der Waals surface area contributed by atoms with Gasteiger partial charge in [-0.15, -0.1) is 0 Å². The Morgan fingerprint density at radius 2 is 2.00 bits per heavy atom. The standard InChI is InChI=1S/C14H8N4O2/c15-9-11-8-14(17-13(11)2-1-7-16-17)10-3-5-12(6-4-10)18(19)20/h1-8H. The molecule has 0 aliphatic rings. The van der Waals surface area contributed by atoms with Crippen molar-refractivity contribution in [3.05, 3.63) is 64.3 Å². The predicted molar refractivity (Wildman–Crippen MR) is 72.0 cm³/mol. The highest BCUT2D eigenvalue weighted by Gasteiger charge is 2.12. The molecular weight excluding hydrogens is 256 g/mol. The smallest absolute Gasteiger partial charge is 0.258 e. The van der Waals surface area contributed by atoms with Gasteiger partial charge in [-0.05, 0) is 30.3 Å². The summed E-state index contributed by atoms with van der Waals surface area (Å²) < 4.78 is 1.65. The zero-order valence-electron chi connectivity index (χ0n) is 10.2. The molecule has 0 bridgehead atoms. The van der Waals surface area contributed by atoms with E-state index in [1.807, 2.05) is 0 Å². The van der Waals surface area contributed by atoms with Crippen LogP contribution in [0.5, 0.6) is 0 Å². The van der Waals surface area contributed by atoms with Crippen LogP contribution in [-0.2, 0) is 0 Å². The summed E-state index contributed by atoms with van der Waals surface area (Å²) in [6, 6.07) is 13.6. The van der Waals surface area contributed by atoms with E-state index in [1.54, 1.807) is 41.0 Å². The van der Waals surface area contributed by atoms with Crippen LogP contribution in [0.3, 0.4) is 0 Å². The van der Waals surface area contributed by atoms with Gasteiger partial charge in [0.15, 0.2) is 0 Å². The van der Waals surface area contributed by atoms with E-state index >= 15 is 0 Å². The molecular formula is C14H8N4O2. The number of fused-ring (bicyclic) bond motifs is 1. The molecule has 2 heterocycles. The van der Waals surface area contributed by atoms with E-state index in [2.05, 4.69) is 11.2 Å². The van der Waals surface area contributed by atoms with Crippen LogP contribution in [0.4, 0.5) is 5.69 Å². The molecule has 6 nitrogen and oxygen atoms in total. The quantitative estimate of drug-likeness (QED) is 0.526. The Bertz CT molecular complexity index is 844. The molecule has 0 aliphatic heterocycles. The van der Waals surface area contributed by atoms with Gasteiger partial charge < -0.3 is 0 Å². The molecule has 0 fully saturated rings. The maximum Gasteiger partial charge on any atom is 0.269 e. The summed E-state index contributed by atoms with van der Waals surface area (Å²) in [7, 11) is 0. The lowest BCUT2D eigenvalue weighted by atomic mass is 10.1. The Kier molecular flexibility index (Phi) is 2.66. The van der Waals surface area contributed by atoms with Gasteiger partial charge in [0.1, 0.15) is 6.07 Å². The number of nitro groups is 1. The summed E-state index contributed by atoms with van der Waals surface area (Å²) in [4.78, 5) is 10.2. The third-order valence-corrected chi connectivity index (χ3v) is 3.03. The first kappa shape index (κ1) is 11.9. The SMILES string of the molecule is N#Cc1cc(-c2ccc([N+](=O)[O-])cc2)n2ncccc12. The van der Waals surface area contributed by atoms with Crippen LogP contribution in [0.25, 0.3) is 16.8 Å². The molecule has 3 rings (SSSR count). The fourth-order valence-corrected chi connectivity index (χ4v) is 2.09. The van der Waals surface area contributed by atoms with Crippen molar-refractivity contribution in [3.8, 4) is 17.3 Å². The van der Waals surface area contributed by atoms with Crippen LogP contribution >= 0.6 is 0 Å². The highest BCUT2D eigenvalue weighted by atomic mass is 16.6. The van der Waals surface area contributed by atoms with Crippen molar-refractivity contribution in [2.75, 3.05) is 0 Å². The predicted octanol–water partition coefficient (Wildman–Crippen LogP) is 2.78. The van der Waals surface area contributed by atoms with E-state index in [0.29, 0.717) is 11.1 Å². The van der Waals surface area contributed by atoms with Gasteiger partial charge in [-0.1, -0.05) is 0 Å². The topological polar surface area (TPSA) is 84.2 Å². The lowest BCUT2D eigenvalue weighted by Crippen LogP contribution is -1.93. The second-order valence-electron chi connectivity index (χ2n) is 4.18. The number of nitriles is 1. The molecule has 0 atom stereocenters. The highest BCUT2D eigenvalue weighted by molar-refractivity contribution is 5.73. The van der Waals surface area contributed by atoms with Crippen molar-refractivity contribution < 1.29 is 4.92 Å². The van der Waals surface area contributed by atoms with Crippen LogP contribution in [-0.4, -0.2) is 14.5 Å². The minimum Gasteiger partial charge on any atom is -0.258 e. The molecule has 0 radical (unpaired) electrons. The lowest BCUT2D eigenvalue weighted by Gasteiger charge is -2.01. The Morgan fingerprint density at radius 3 is 2.65 bits per heavy atom. The summed E-state index contributed by atoms with van der Waals surface area (Å²) in [6.45, 7) is 0. The Morgan fingerprint density at radius 1 is 1.25 bits per heavy atom. The molecule has 0 saturated heterocycles. The van der Waals surface area contributed by atoms with Crippen molar-refractivity contribution in [3.63, 3.8) is 0 Å². The van der Waals surface area contributed by atoms with Gasteiger partial charge in [0, 0.05) is 23.9 Å². The number of benzene rings is 1. The summed E-state index contributed by atoms with van der Waals surface area (Å²) >= 11 is 0. The van der Waals surface area contributed by atoms with E-state index in [4.69, 9.17) is 5.26 Å². The van der Waals surface area contributed by atoms with Crippen LogP contribution < -0.4 is 0 Å². The Labute approximate surface area is 113 Å². The second-order valence-corrected chi connectivity index (χ2v) is 4.18. The van der Waals surface area contributed by atoms with Crippen LogP contribution in [0.2, 0.25) is 0 Å². The summed E-state index contributed by atoms with van der Waals surface area (Å²) in [5.74, 6) is 0. The van der Waals surface area contributed by atoms with Gasteiger partial charge in [-0.25, -0.2) is 4.52 Å². The van der Waals surface area contributed by atoms with Crippen molar-refractivity contribution in [2.24, 2.45) is 0 Å². The monoisotopic (exact) mass is 264 g/mol. The average Bonchev–Trinajstić information content (AvgIpc) is 2.86. The molecule has 0 N–H and O–H groups in total. The van der Waals surface area contributed by atoms with Gasteiger partial charge in [-0.3, -0.25) is 10.1 Å². The summed E-state index contributed by atoms with van der Waals surface area (Å²) in [5, 5.41) is 24.0. The minimum atomic E-state index is -0.445. The van der Waals surface area contributed by atoms with E-state index < -0.39 is 4.92 Å². The Hall–Kier alpha value is -3.20. The number of nitrogens with zero attached hydrogens (tertiary/aromatic N) is 4. The fourth-order valence-electron chi connectivity index (χ4n) is 2.09. The van der Waals surface area contributed by atoms with Gasteiger partial charge in [0.2, 0.25) is 0 Å². The molecule has 2 aromatic heterocycles. The van der Waals surface area contributed by atoms with E-state index in [1.165, 1.54) is 12.1 Å². The normalized spacial score (nSPS) is 10.3. The number of nitro benzene ring substituents is 1. The van der Waals surface area contributed by atoms with Crippen LogP contribution in [0, 0.1) is 21.4 Å². The largest absolute Gasteiger partial charge is 0.269 e. The molecule has 0 spiro atoms. The molecule has 0 aliphatic carbocycles. The van der Waals surface area contributed by atoms with Gasteiger partial charge in [0.25, 0.3) is 5.69 Å². The first-order valence-corrected chi connectivity index (χ1v) is 5.82. The maximum absolute atomic E-state index is 10.7. The highest BCUT2D eigenvalue weighted by Crippen LogP contribution is 2.26. The molecule has 20 heavy (non-hydrogen) atoms. The molecule has 96 valence electrons. The van der Waals surface area contributed by atoms with Crippen molar-refractivity contribution in [1.29, 1.82) is 5.26 Å². The first-order chi connectivity index (χ1) is 9.70. The van der Waals surface area contributed by atoms with Gasteiger partial charge >= 0.3 is 0 Å². The maximum atomic E-state index is 10.7. The molecule has 0 saturated carbocycles. The molecule has 0 unspecified atom stereocenters. The summed E-state index contributed by atoms with van der Waals surface area (Å²) in [6.07, 6.45) is 1.63. The second kappa shape index (κ2) is 4.48. The van der Waals surface area contributed by atoms with Gasteiger partial charge in [0.05, 0.1) is 21.7 Å². The molecule has 1 aromatic carbocycles. The number of hydrogen-bond donors (Lipinski definition) is 0. The lowest BCUT2D eigenvalue weighted by molar-refractivity contribution is -0.384.